The Morgan fingerprint density at radius 1 is 0.969 bits per heavy atom. The van der Waals surface area contributed by atoms with Crippen LogP contribution in [0.3, 0.4) is 0 Å². The van der Waals surface area contributed by atoms with Crippen molar-refractivity contribution < 1.29 is 19.2 Å². The second-order valence-electron chi connectivity index (χ2n) is 8.46. The van der Waals surface area contributed by atoms with E-state index < -0.39 is 23.8 Å². The average Bonchev–Trinajstić information content (AvgIpc) is 3.05. The summed E-state index contributed by atoms with van der Waals surface area (Å²) >= 11 is 0. The van der Waals surface area contributed by atoms with Gasteiger partial charge in [0.2, 0.25) is 11.8 Å². The van der Waals surface area contributed by atoms with Gasteiger partial charge in [-0.1, -0.05) is 36.4 Å². The highest BCUT2D eigenvalue weighted by atomic mass is 16.2. The van der Waals surface area contributed by atoms with Crippen molar-refractivity contribution in [3.05, 3.63) is 70.3 Å². The van der Waals surface area contributed by atoms with Crippen LogP contribution in [0.2, 0.25) is 0 Å². The predicted molar refractivity (Wildman–Crippen MR) is 115 cm³/mol. The number of imide groups is 2. The molecular weight excluding hydrogens is 408 g/mol. The fourth-order valence-electron chi connectivity index (χ4n) is 5.10. The van der Waals surface area contributed by atoms with Gasteiger partial charge in [0.25, 0.3) is 11.8 Å². The third-order valence-electron chi connectivity index (χ3n) is 6.67. The van der Waals surface area contributed by atoms with E-state index >= 15 is 0 Å². The Bertz CT molecular complexity index is 1140. The maximum Gasteiger partial charge on any atom is 0.262 e. The van der Waals surface area contributed by atoms with Crippen molar-refractivity contribution in [1.82, 2.24) is 15.1 Å². The van der Waals surface area contributed by atoms with Crippen LogP contribution in [0.1, 0.15) is 56.3 Å². The molecule has 0 aliphatic carbocycles. The number of fused-ring (bicyclic) bond motifs is 2. The standard InChI is InChI=1S/C24H24N4O4/c25-12-19-16-6-2-1-4-14(16)10-11-27(19)13-15-5-3-7-17-21(15)24(32)28(23(17)31)18-8-9-20(29)26-22(18)30/h1-7,18-19H,8-13,25H2,(H,26,29,30). The molecule has 2 aromatic rings. The van der Waals surface area contributed by atoms with Gasteiger partial charge in [0.15, 0.2) is 0 Å². The Kier molecular flexibility index (Phi) is 5.11. The summed E-state index contributed by atoms with van der Waals surface area (Å²) in [6.07, 6.45) is 1.13. The SMILES string of the molecule is NCC1c2ccccc2CCN1Cc1cccc2c1C(=O)N(C1CCC(=O)NC1=O)C2=O. The van der Waals surface area contributed by atoms with Crippen LogP contribution in [0.4, 0.5) is 0 Å². The quantitative estimate of drug-likeness (QED) is 0.701. The van der Waals surface area contributed by atoms with Gasteiger partial charge in [-0.25, -0.2) is 0 Å². The van der Waals surface area contributed by atoms with Crippen molar-refractivity contribution in [3.63, 3.8) is 0 Å². The number of hydrogen-bond donors (Lipinski definition) is 2. The lowest BCUT2D eigenvalue weighted by molar-refractivity contribution is -0.136. The Labute approximate surface area is 185 Å². The zero-order chi connectivity index (χ0) is 22.4. The molecule has 3 N–H and O–H groups in total. The van der Waals surface area contributed by atoms with Crippen LogP contribution in [0.5, 0.6) is 0 Å². The summed E-state index contributed by atoms with van der Waals surface area (Å²) in [4.78, 5) is 53.5. The fourth-order valence-corrected chi connectivity index (χ4v) is 5.10. The summed E-state index contributed by atoms with van der Waals surface area (Å²) in [6.45, 7) is 1.71. The molecule has 0 radical (unpaired) electrons. The van der Waals surface area contributed by atoms with E-state index in [2.05, 4.69) is 22.3 Å². The summed E-state index contributed by atoms with van der Waals surface area (Å²) in [7, 11) is 0. The summed E-state index contributed by atoms with van der Waals surface area (Å²) in [5.41, 5.74) is 10.0. The Balaban J connectivity index is 1.45. The lowest BCUT2D eigenvalue weighted by Crippen LogP contribution is -2.54. The Morgan fingerprint density at radius 3 is 2.56 bits per heavy atom. The minimum absolute atomic E-state index is 0.0225. The van der Waals surface area contributed by atoms with Gasteiger partial charge < -0.3 is 5.73 Å². The number of carbonyl (C=O) groups is 4. The number of rotatable bonds is 4. The van der Waals surface area contributed by atoms with Gasteiger partial charge in [-0.3, -0.25) is 34.3 Å². The fraction of sp³-hybridized carbons (Fsp3) is 0.333. The van der Waals surface area contributed by atoms with Crippen LogP contribution < -0.4 is 11.1 Å². The first kappa shape index (κ1) is 20.5. The minimum atomic E-state index is -0.966. The van der Waals surface area contributed by atoms with Crippen molar-refractivity contribution in [2.45, 2.75) is 37.9 Å². The van der Waals surface area contributed by atoms with Crippen LogP contribution in [0.25, 0.3) is 0 Å². The third kappa shape index (κ3) is 3.23. The number of nitrogens with two attached hydrogens (primary N) is 1. The molecule has 5 rings (SSSR count). The number of carbonyl (C=O) groups excluding carboxylic acids is 4. The molecule has 2 aromatic carbocycles. The highest BCUT2D eigenvalue weighted by molar-refractivity contribution is 6.24. The topological polar surface area (TPSA) is 113 Å². The van der Waals surface area contributed by atoms with Gasteiger partial charge in [-0.15, -0.1) is 0 Å². The molecule has 3 aliphatic heterocycles. The number of nitrogens with zero attached hydrogens (tertiary/aromatic N) is 2. The molecule has 0 aromatic heterocycles. The molecule has 8 heteroatoms. The van der Waals surface area contributed by atoms with Crippen LogP contribution in [0, 0.1) is 0 Å². The number of piperidine rings is 1. The summed E-state index contributed by atoms with van der Waals surface area (Å²) in [5, 5.41) is 2.23. The maximum absolute atomic E-state index is 13.3. The second-order valence-corrected chi connectivity index (χ2v) is 8.46. The molecule has 1 fully saturated rings. The van der Waals surface area contributed by atoms with Crippen molar-refractivity contribution >= 4 is 23.6 Å². The van der Waals surface area contributed by atoms with E-state index in [9.17, 15) is 19.2 Å². The molecule has 32 heavy (non-hydrogen) atoms. The van der Waals surface area contributed by atoms with Crippen molar-refractivity contribution in [3.8, 4) is 0 Å². The number of hydrogen-bond acceptors (Lipinski definition) is 6. The zero-order valence-electron chi connectivity index (χ0n) is 17.5. The van der Waals surface area contributed by atoms with Gasteiger partial charge in [0.05, 0.1) is 11.1 Å². The molecule has 2 atom stereocenters. The molecule has 164 valence electrons. The largest absolute Gasteiger partial charge is 0.329 e. The van der Waals surface area contributed by atoms with Crippen LogP contribution in [-0.4, -0.2) is 52.6 Å². The molecule has 3 heterocycles. The minimum Gasteiger partial charge on any atom is -0.329 e. The van der Waals surface area contributed by atoms with Gasteiger partial charge in [0, 0.05) is 32.1 Å². The van der Waals surface area contributed by atoms with Gasteiger partial charge >= 0.3 is 0 Å². The molecule has 3 aliphatic rings. The van der Waals surface area contributed by atoms with Crippen molar-refractivity contribution in [2.75, 3.05) is 13.1 Å². The van der Waals surface area contributed by atoms with E-state index in [1.165, 1.54) is 11.1 Å². The second kappa shape index (κ2) is 7.96. The molecule has 1 saturated heterocycles. The Morgan fingerprint density at radius 2 is 1.78 bits per heavy atom. The number of amides is 4. The van der Waals surface area contributed by atoms with E-state index in [1.807, 2.05) is 18.2 Å². The first-order valence-corrected chi connectivity index (χ1v) is 10.8. The lowest BCUT2D eigenvalue weighted by Gasteiger charge is -2.37. The Hall–Kier alpha value is -3.36. The number of benzene rings is 2. The van der Waals surface area contributed by atoms with E-state index in [4.69, 9.17) is 5.73 Å². The first-order chi connectivity index (χ1) is 15.5. The average molecular weight is 432 g/mol. The molecule has 2 unspecified atom stereocenters. The normalized spacial score (nSPS) is 23.2. The van der Waals surface area contributed by atoms with E-state index in [1.54, 1.807) is 12.1 Å². The highest BCUT2D eigenvalue weighted by Crippen LogP contribution is 2.34. The molecular formula is C24H24N4O4. The van der Waals surface area contributed by atoms with Gasteiger partial charge in [-0.05, 0) is 35.6 Å². The third-order valence-corrected chi connectivity index (χ3v) is 6.67. The first-order valence-electron chi connectivity index (χ1n) is 10.8. The van der Waals surface area contributed by atoms with E-state index in [0.29, 0.717) is 24.2 Å². The van der Waals surface area contributed by atoms with Crippen molar-refractivity contribution in [2.24, 2.45) is 5.73 Å². The van der Waals surface area contributed by atoms with Crippen LogP contribution >= 0.6 is 0 Å². The smallest absolute Gasteiger partial charge is 0.262 e. The van der Waals surface area contributed by atoms with Crippen molar-refractivity contribution in [1.29, 1.82) is 0 Å². The van der Waals surface area contributed by atoms with E-state index in [-0.39, 0.29) is 24.8 Å². The number of nitrogens with one attached hydrogen (secondary N) is 1. The lowest BCUT2D eigenvalue weighted by atomic mass is 9.91. The zero-order valence-corrected chi connectivity index (χ0v) is 17.5. The van der Waals surface area contributed by atoms with E-state index in [0.717, 1.165) is 23.4 Å². The van der Waals surface area contributed by atoms with Gasteiger partial charge in [-0.2, -0.15) is 0 Å². The summed E-state index contributed by atoms with van der Waals surface area (Å²) < 4.78 is 0. The monoisotopic (exact) mass is 432 g/mol. The molecule has 0 saturated carbocycles. The molecule has 4 amide bonds. The summed E-state index contributed by atoms with van der Waals surface area (Å²) in [6, 6.07) is 12.5. The molecule has 0 spiro atoms. The highest BCUT2D eigenvalue weighted by Gasteiger charge is 2.45. The molecule has 8 nitrogen and oxygen atoms in total. The molecule has 0 bridgehead atoms. The maximum atomic E-state index is 13.3. The van der Waals surface area contributed by atoms with Crippen LogP contribution in [-0.2, 0) is 22.6 Å². The van der Waals surface area contributed by atoms with Gasteiger partial charge in [0.1, 0.15) is 6.04 Å². The van der Waals surface area contributed by atoms with Crippen LogP contribution in [0.15, 0.2) is 42.5 Å². The summed E-state index contributed by atoms with van der Waals surface area (Å²) in [5.74, 6) is -1.95. The predicted octanol–water partition coefficient (Wildman–Crippen LogP) is 1.15.